The summed E-state index contributed by atoms with van der Waals surface area (Å²) in [5.74, 6) is -1.34. The number of rotatable bonds is 7. The van der Waals surface area contributed by atoms with Crippen LogP contribution in [0.1, 0.15) is 41.0 Å². The molecule has 3 aromatic rings. The van der Waals surface area contributed by atoms with Gasteiger partial charge in [-0.05, 0) is 56.2 Å². The van der Waals surface area contributed by atoms with Gasteiger partial charge in [0, 0.05) is 30.2 Å². The number of nitrogens with zero attached hydrogens (tertiary/aromatic N) is 2. The lowest BCUT2D eigenvalue weighted by Gasteiger charge is -2.41. The van der Waals surface area contributed by atoms with Crippen LogP contribution < -0.4 is 11.1 Å². The quantitative estimate of drug-likeness (QED) is 0.278. The van der Waals surface area contributed by atoms with Crippen molar-refractivity contribution in [3.63, 3.8) is 0 Å². The first-order chi connectivity index (χ1) is 17.2. The zero-order valence-electron chi connectivity index (χ0n) is 20.7. The summed E-state index contributed by atoms with van der Waals surface area (Å²) < 4.78 is 49.4. The lowest BCUT2D eigenvalue weighted by atomic mass is 9.96. The van der Waals surface area contributed by atoms with Gasteiger partial charge in [-0.1, -0.05) is 6.07 Å². The monoisotopic (exact) mass is 552 g/mol. The van der Waals surface area contributed by atoms with E-state index in [4.69, 9.17) is 5.73 Å². The van der Waals surface area contributed by atoms with Crippen molar-refractivity contribution in [1.82, 2.24) is 9.88 Å². The molecule has 8 nitrogen and oxygen atoms in total. The van der Waals surface area contributed by atoms with Gasteiger partial charge in [-0.3, -0.25) is 18.8 Å². The normalized spacial score (nSPS) is 17.0. The van der Waals surface area contributed by atoms with Gasteiger partial charge in [-0.15, -0.1) is 11.3 Å². The summed E-state index contributed by atoms with van der Waals surface area (Å²) in [6, 6.07) is 7.11. The van der Waals surface area contributed by atoms with Crippen LogP contribution in [0.5, 0.6) is 0 Å². The second kappa shape index (κ2) is 10.3. The summed E-state index contributed by atoms with van der Waals surface area (Å²) >= 11 is 0.968. The molecule has 1 saturated heterocycles. The molecular weight excluding hydrogens is 522 g/mol. The van der Waals surface area contributed by atoms with Gasteiger partial charge in [0.25, 0.3) is 5.91 Å². The average Bonchev–Trinajstić information content (AvgIpc) is 3.19. The second-order valence-corrected chi connectivity index (χ2v) is 13.1. The molecule has 0 spiro atoms. The van der Waals surface area contributed by atoms with Gasteiger partial charge in [0.2, 0.25) is 0 Å². The van der Waals surface area contributed by atoms with Crippen LogP contribution in [0.4, 0.5) is 19.6 Å². The Morgan fingerprint density at radius 1 is 1.19 bits per heavy atom. The number of primary amides is 1. The van der Waals surface area contributed by atoms with Crippen molar-refractivity contribution >= 4 is 38.7 Å². The minimum Gasteiger partial charge on any atom is -0.386 e. The number of carbonyl (C=O) groups excluding carboxylic acids is 1. The molecule has 37 heavy (non-hydrogen) atoms. The van der Waals surface area contributed by atoms with Crippen LogP contribution in [0.15, 0.2) is 30.3 Å². The Hall–Kier alpha value is -2.61. The highest BCUT2D eigenvalue weighted by Crippen LogP contribution is 2.41. The maximum Gasteiger partial charge on any atom is 0.251 e. The number of aliphatic hydroxyl groups is 1. The van der Waals surface area contributed by atoms with Crippen molar-refractivity contribution in [1.29, 1.82) is 0 Å². The Morgan fingerprint density at radius 2 is 1.81 bits per heavy atom. The van der Waals surface area contributed by atoms with Gasteiger partial charge in [-0.2, -0.15) is 10.6 Å². The molecule has 0 atom stereocenters. The fourth-order valence-electron chi connectivity index (χ4n) is 4.06. The SMILES string of the molecule is Cc1nc(Nc2sc(-c3c(F)cc(C(C)(C)O)cc3F)cc2C(N)=O)ccc1CN1CCS(O)(O)CC1. The van der Waals surface area contributed by atoms with Crippen molar-refractivity contribution in [3.8, 4) is 10.4 Å². The molecule has 200 valence electrons. The lowest BCUT2D eigenvalue weighted by molar-refractivity contribution is 0.0778. The smallest absolute Gasteiger partial charge is 0.251 e. The molecule has 1 amide bonds. The molecule has 1 fully saturated rings. The summed E-state index contributed by atoms with van der Waals surface area (Å²) in [5, 5.41) is 13.5. The Kier molecular flexibility index (Phi) is 7.62. The number of thiophene rings is 1. The number of halogens is 2. The number of benzene rings is 1. The van der Waals surface area contributed by atoms with E-state index in [1.54, 1.807) is 6.07 Å². The van der Waals surface area contributed by atoms with Crippen LogP contribution in [0.3, 0.4) is 0 Å². The van der Waals surface area contributed by atoms with E-state index in [9.17, 15) is 27.8 Å². The topological polar surface area (TPSA) is 132 Å². The number of aromatic nitrogens is 1. The van der Waals surface area contributed by atoms with Gasteiger partial charge >= 0.3 is 0 Å². The van der Waals surface area contributed by atoms with Crippen molar-refractivity contribution in [2.24, 2.45) is 5.73 Å². The standard InChI is InChI=1S/C25H30F2N4O4S2/c1-14-15(13-31-6-8-37(34,35)9-7-31)4-5-21(29-14)30-24-17(23(28)32)12-20(36-24)22-18(26)10-16(11-19(22)27)25(2,3)33/h4-5,10-12,33-35H,6-9,13H2,1-3H3,(H2,28,32)(H,29,30). The summed E-state index contributed by atoms with van der Waals surface area (Å²) in [6.07, 6.45) is 0. The minimum absolute atomic E-state index is 0.0706. The largest absolute Gasteiger partial charge is 0.386 e. The maximum absolute atomic E-state index is 14.9. The third-order valence-electron chi connectivity index (χ3n) is 6.29. The average molecular weight is 553 g/mol. The first-order valence-electron chi connectivity index (χ1n) is 11.6. The summed E-state index contributed by atoms with van der Waals surface area (Å²) in [4.78, 5) is 19.0. The van der Waals surface area contributed by atoms with Crippen LogP contribution in [-0.2, 0) is 12.1 Å². The third kappa shape index (κ3) is 6.28. The molecule has 1 aromatic carbocycles. The lowest BCUT2D eigenvalue weighted by Crippen LogP contribution is -2.37. The van der Waals surface area contributed by atoms with E-state index in [1.165, 1.54) is 19.9 Å². The molecule has 3 heterocycles. The number of carbonyl (C=O) groups is 1. The van der Waals surface area contributed by atoms with Crippen molar-refractivity contribution in [3.05, 3.63) is 64.4 Å². The molecule has 0 radical (unpaired) electrons. The van der Waals surface area contributed by atoms with Crippen LogP contribution in [0.25, 0.3) is 10.4 Å². The van der Waals surface area contributed by atoms with Gasteiger partial charge < -0.3 is 16.2 Å². The molecule has 4 rings (SSSR count). The molecule has 12 heteroatoms. The molecule has 0 unspecified atom stereocenters. The van der Waals surface area contributed by atoms with Gasteiger partial charge in [-0.25, -0.2) is 13.8 Å². The molecule has 2 aromatic heterocycles. The number of anilines is 2. The number of amides is 1. The number of hydrogen-bond donors (Lipinski definition) is 5. The molecule has 0 saturated carbocycles. The molecule has 1 aliphatic heterocycles. The summed E-state index contributed by atoms with van der Waals surface area (Å²) in [6.45, 7) is 6.51. The third-order valence-corrected chi connectivity index (χ3v) is 9.03. The number of aryl methyl sites for hydroxylation is 1. The number of hydrogen-bond acceptors (Lipinski definition) is 8. The van der Waals surface area contributed by atoms with Crippen molar-refractivity contribution in [2.45, 2.75) is 32.9 Å². The van der Waals surface area contributed by atoms with E-state index in [0.717, 1.165) is 34.7 Å². The molecule has 0 aliphatic carbocycles. The number of nitrogens with two attached hydrogens (primary N) is 1. The Balaban J connectivity index is 1.58. The Labute approximate surface area is 219 Å². The fourth-order valence-corrected chi connectivity index (χ4v) is 6.48. The highest BCUT2D eigenvalue weighted by molar-refractivity contribution is 8.24. The van der Waals surface area contributed by atoms with E-state index in [2.05, 4.69) is 15.2 Å². The Morgan fingerprint density at radius 3 is 2.35 bits per heavy atom. The maximum atomic E-state index is 14.9. The first-order valence-corrected chi connectivity index (χ1v) is 14.3. The predicted octanol–water partition coefficient (Wildman–Crippen LogP) is 5.03. The van der Waals surface area contributed by atoms with E-state index >= 15 is 0 Å². The minimum atomic E-state index is -2.46. The number of nitrogens with one attached hydrogen (secondary N) is 1. The highest BCUT2D eigenvalue weighted by atomic mass is 32.3. The molecular formula is C25H30F2N4O4S2. The summed E-state index contributed by atoms with van der Waals surface area (Å²) in [5.41, 5.74) is 5.69. The highest BCUT2D eigenvalue weighted by Gasteiger charge is 2.25. The van der Waals surface area contributed by atoms with Gasteiger partial charge in [0.05, 0.1) is 28.2 Å². The van der Waals surface area contributed by atoms with Crippen LogP contribution in [-0.4, -0.2) is 54.6 Å². The van der Waals surface area contributed by atoms with Gasteiger partial charge in [0.1, 0.15) is 22.5 Å². The predicted molar refractivity (Wildman–Crippen MR) is 144 cm³/mol. The Bertz CT molecular complexity index is 1310. The van der Waals surface area contributed by atoms with Crippen LogP contribution >= 0.6 is 21.9 Å². The first kappa shape index (κ1) is 27.4. The van der Waals surface area contributed by atoms with Crippen LogP contribution in [0, 0.1) is 18.6 Å². The second-order valence-electron chi connectivity index (χ2n) is 9.64. The van der Waals surface area contributed by atoms with E-state index in [1.807, 2.05) is 13.0 Å². The van der Waals surface area contributed by atoms with Gasteiger partial charge in [0.15, 0.2) is 0 Å². The van der Waals surface area contributed by atoms with E-state index < -0.39 is 33.7 Å². The molecule has 6 N–H and O–H groups in total. The zero-order valence-corrected chi connectivity index (χ0v) is 22.3. The fraction of sp³-hybridized carbons (Fsp3) is 0.360. The number of pyridine rings is 1. The summed E-state index contributed by atoms with van der Waals surface area (Å²) in [7, 11) is -2.46. The zero-order chi connectivity index (χ0) is 27.1. The molecule has 0 bridgehead atoms. The van der Waals surface area contributed by atoms with Crippen molar-refractivity contribution < 1.29 is 27.8 Å². The molecule has 1 aliphatic rings. The van der Waals surface area contributed by atoms with Crippen molar-refractivity contribution in [2.75, 3.05) is 29.9 Å². The van der Waals surface area contributed by atoms with Crippen LogP contribution in [0.2, 0.25) is 0 Å². The van der Waals surface area contributed by atoms with E-state index in [0.29, 0.717) is 42.0 Å². The van der Waals surface area contributed by atoms with E-state index in [-0.39, 0.29) is 21.6 Å².